The molecular weight excluding hydrogens is 538 g/mol. The van der Waals surface area contributed by atoms with Gasteiger partial charge >= 0.3 is 24.4 Å². The molecule has 0 aliphatic carbocycles. The molecule has 1 aromatic carbocycles. The van der Waals surface area contributed by atoms with Crippen LogP contribution in [0.5, 0.6) is 11.5 Å². The van der Waals surface area contributed by atoms with E-state index in [2.05, 4.69) is 0 Å². The van der Waals surface area contributed by atoms with Gasteiger partial charge in [0.05, 0.1) is 6.10 Å². The molecule has 0 aliphatic heterocycles. The summed E-state index contributed by atoms with van der Waals surface area (Å²) in [6, 6.07) is 3.22. The molecule has 0 spiro atoms. The zero-order valence-electron chi connectivity index (χ0n) is 25.7. The van der Waals surface area contributed by atoms with Gasteiger partial charge in [0.25, 0.3) is 0 Å². The Morgan fingerprint density at radius 2 is 1.22 bits per heavy atom. The smallest absolute Gasteiger partial charge is 0.458 e. The summed E-state index contributed by atoms with van der Waals surface area (Å²) in [6.45, 7) is 17.1. The molecule has 0 heterocycles. The lowest BCUT2D eigenvalue weighted by atomic mass is 10.1. The highest BCUT2D eigenvalue weighted by atomic mass is 16.8. The monoisotopic (exact) mass is 583 g/mol. The molecule has 0 aromatic heterocycles. The van der Waals surface area contributed by atoms with Crippen LogP contribution in [0.25, 0.3) is 0 Å². The van der Waals surface area contributed by atoms with Gasteiger partial charge in [0.15, 0.2) is 11.5 Å². The summed E-state index contributed by atoms with van der Waals surface area (Å²) in [5.74, 6) is -0.978. The van der Waals surface area contributed by atoms with Crippen molar-refractivity contribution in [3.63, 3.8) is 0 Å². The average molecular weight is 584 g/mol. The fourth-order valence-corrected chi connectivity index (χ4v) is 2.83. The van der Waals surface area contributed by atoms with Gasteiger partial charge < -0.3 is 38.9 Å². The molecule has 3 atom stereocenters. The van der Waals surface area contributed by atoms with E-state index in [1.54, 1.807) is 61.5 Å². The number of benzene rings is 1. The first-order chi connectivity index (χ1) is 18.9. The Bertz CT molecular complexity index is 1050. The number of carbonyl (C=O) groups is 4. The lowest BCUT2D eigenvalue weighted by Gasteiger charge is -2.24. The summed E-state index contributed by atoms with van der Waals surface area (Å²) in [6.07, 6.45) is -3.77. The quantitative estimate of drug-likeness (QED) is 0.168. The number of hydrogen-bond donors (Lipinski definition) is 1. The molecule has 12 heteroatoms. The Morgan fingerprint density at radius 3 is 1.71 bits per heavy atom. The molecule has 0 amide bonds. The van der Waals surface area contributed by atoms with Gasteiger partial charge in [0, 0.05) is 0 Å². The maximum Gasteiger partial charge on any atom is 0.514 e. The fourth-order valence-electron chi connectivity index (χ4n) is 2.83. The van der Waals surface area contributed by atoms with Gasteiger partial charge in [0.1, 0.15) is 29.5 Å². The first kappa shape index (κ1) is 35.5. The lowest BCUT2D eigenvalue weighted by molar-refractivity contribution is -0.155. The van der Waals surface area contributed by atoms with Crippen molar-refractivity contribution in [1.29, 1.82) is 0 Å². The van der Waals surface area contributed by atoms with Gasteiger partial charge in [-0.15, -0.1) is 0 Å². The van der Waals surface area contributed by atoms with E-state index >= 15 is 0 Å². The van der Waals surface area contributed by atoms with Gasteiger partial charge in [-0.1, -0.05) is 19.9 Å². The normalized spacial score (nSPS) is 13.9. The number of rotatable bonds is 13. The summed E-state index contributed by atoms with van der Waals surface area (Å²) >= 11 is 0. The third kappa shape index (κ3) is 13.1. The van der Waals surface area contributed by atoms with E-state index < -0.39 is 53.9 Å². The summed E-state index contributed by atoms with van der Waals surface area (Å²) in [5.41, 5.74) is 4.98. The molecule has 2 N–H and O–H groups in total. The van der Waals surface area contributed by atoms with Gasteiger partial charge in [-0.25, -0.2) is 14.4 Å². The van der Waals surface area contributed by atoms with E-state index in [0.717, 1.165) is 0 Å². The molecule has 0 radical (unpaired) electrons. The Labute approximate surface area is 242 Å². The first-order valence-corrected chi connectivity index (χ1v) is 13.7. The van der Waals surface area contributed by atoms with Crippen LogP contribution in [0, 0.1) is 0 Å². The molecule has 41 heavy (non-hydrogen) atoms. The van der Waals surface area contributed by atoms with Crippen LogP contribution >= 0.6 is 0 Å². The summed E-state index contributed by atoms with van der Waals surface area (Å²) in [7, 11) is 0. The van der Waals surface area contributed by atoms with Crippen molar-refractivity contribution < 1.29 is 52.3 Å². The molecule has 1 aromatic rings. The lowest BCUT2D eigenvalue weighted by Crippen LogP contribution is -2.39. The largest absolute Gasteiger partial charge is 0.514 e. The van der Waals surface area contributed by atoms with Crippen molar-refractivity contribution in [3.8, 4) is 11.5 Å². The number of esters is 1. The molecule has 0 saturated heterocycles. The molecule has 232 valence electrons. The van der Waals surface area contributed by atoms with Crippen LogP contribution in [0.4, 0.5) is 14.4 Å². The Morgan fingerprint density at radius 1 is 0.732 bits per heavy atom. The van der Waals surface area contributed by atoms with Crippen molar-refractivity contribution in [2.75, 3.05) is 0 Å². The van der Waals surface area contributed by atoms with Crippen LogP contribution in [0.3, 0.4) is 0 Å². The second-order valence-corrected chi connectivity index (χ2v) is 11.1. The standard InChI is InChI=1S/C29H45NO11/c1-11-28(7,8)40-26(33)38-22-14-13-20(16-23(22)39-27(34)41-29(9,10)12-2)15-21(30)24(31)36-18(5)19(6)37-25(32)35-17(3)4/h13-14,16-19,21H,11-12,15,30H2,1-10H3/t18-,19?,21-/m0/s1. The minimum atomic E-state index is -1.12. The van der Waals surface area contributed by atoms with Crippen LogP contribution in [-0.4, -0.2) is 60.0 Å². The van der Waals surface area contributed by atoms with Gasteiger partial charge in [-0.3, -0.25) is 4.79 Å². The maximum atomic E-state index is 12.6. The Kier molecular flexibility index (Phi) is 13.4. The highest BCUT2D eigenvalue weighted by Crippen LogP contribution is 2.31. The predicted octanol–water partition coefficient (Wildman–Crippen LogP) is 5.85. The van der Waals surface area contributed by atoms with Crippen molar-refractivity contribution >= 4 is 24.4 Å². The van der Waals surface area contributed by atoms with Crippen LogP contribution in [-0.2, 0) is 34.9 Å². The van der Waals surface area contributed by atoms with Crippen LogP contribution < -0.4 is 15.2 Å². The summed E-state index contributed by atoms with van der Waals surface area (Å²) in [4.78, 5) is 49.3. The van der Waals surface area contributed by atoms with Crippen LogP contribution in [0.15, 0.2) is 18.2 Å². The van der Waals surface area contributed by atoms with Crippen molar-refractivity contribution in [3.05, 3.63) is 23.8 Å². The van der Waals surface area contributed by atoms with Gasteiger partial charge in [-0.05, 0) is 92.3 Å². The highest BCUT2D eigenvalue weighted by Gasteiger charge is 2.28. The van der Waals surface area contributed by atoms with Crippen molar-refractivity contribution in [2.45, 2.75) is 124 Å². The van der Waals surface area contributed by atoms with Crippen molar-refractivity contribution in [1.82, 2.24) is 0 Å². The van der Waals surface area contributed by atoms with E-state index in [1.165, 1.54) is 12.1 Å². The molecule has 1 rings (SSSR count). The van der Waals surface area contributed by atoms with E-state index in [-0.39, 0.29) is 24.0 Å². The highest BCUT2D eigenvalue weighted by molar-refractivity contribution is 5.76. The Balaban J connectivity index is 3.03. The summed E-state index contributed by atoms with van der Waals surface area (Å²) in [5, 5.41) is 0. The minimum absolute atomic E-state index is 0.0182. The van der Waals surface area contributed by atoms with E-state index in [1.807, 2.05) is 13.8 Å². The van der Waals surface area contributed by atoms with Crippen LogP contribution in [0.1, 0.15) is 87.6 Å². The molecule has 12 nitrogen and oxygen atoms in total. The Hall–Kier alpha value is -3.54. The second-order valence-electron chi connectivity index (χ2n) is 11.1. The topological polar surface area (TPSA) is 159 Å². The molecule has 0 aliphatic rings. The van der Waals surface area contributed by atoms with Gasteiger partial charge in [0.2, 0.25) is 0 Å². The molecule has 0 saturated carbocycles. The van der Waals surface area contributed by atoms with E-state index in [4.69, 9.17) is 38.9 Å². The maximum absolute atomic E-state index is 12.6. The van der Waals surface area contributed by atoms with Crippen LogP contribution in [0.2, 0.25) is 0 Å². The van der Waals surface area contributed by atoms with Crippen molar-refractivity contribution in [2.24, 2.45) is 5.73 Å². The number of hydrogen-bond acceptors (Lipinski definition) is 12. The number of ether oxygens (including phenoxy) is 7. The number of carbonyl (C=O) groups excluding carboxylic acids is 4. The molecule has 0 bridgehead atoms. The molecule has 0 fully saturated rings. The van der Waals surface area contributed by atoms with Gasteiger partial charge in [-0.2, -0.15) is 0 Å². The molecule has 1 unspecified atom stereocenters. The summed E-state index contributed by atoms with van der Waals surface area (Å²) < 4.78 is 36.7. The van der Waals surface area contributed by atoms with E-state index in [9.17, 15) is 19.2 Å². The zero-order valence-corrected chi connectivity index (χ0v) is 25.7. The average Bonchev–Trinajstić information content (AvgIpc) is 2.84. The third-order valence-electron chi connectivity index (χ3n) is 6.15. The first-order valence-electron chi connectivity index (χ1n) is 13.7. The zero-order chi connectivity index (χ0) is 31.5. The predicted molar refractivity (Wildman–Crippen MR) is 149 cm³/mol. The minimum Gasteiger partial charge on any atom is -0.458 e. The fraction of sp³-hybridized carbons (Fsp3) is 0.655. The second kappa shape index (κ2) is 15.5. The number of nitrogens with two attached hydrogens (primary N) is 1. The SMILES string of the molecule is CCC(C)(C)OC(=O)Oc1ccc(C[C@H](N)C(=O)O[C@@H](C)C(C)OC(=O)OC(C)C)cc1OC(=O)OC(C)(C)CC. The molecular formula is C29H45NO11. The van der Waals surface area contributed by atoms with E-state index in [0.29, 0.717) is 18.4 Å². The third-order valence-corrected chi connectivity index (χ3v) is 6.15.